The van der Waals surface area contributed by atoms with E-state index in [1.807, 2.05) is 30.3 Å². The molecule has 4 rings (SSSR count). The van der Waals surface area contributed by atoms with Crippen LogP contribution in [0.3, 0.4) is 0 Å². The topological polar surface area (TPSA) is 117 Å². The summed E-state index contributed by atoms with van der Waals surface area (Å²) in [7, 11) is 0. The zero-order valence-corrected chi connectivity index (χ0v) is 20.1. The third kappa shape index (κ3) is 6.19. The Morgan fingerprint density at radius 3 is 2.37 bits per heavy atom. The fraction of sp³-hybridized carbons (Fsp3) is 0.269. The van der Waals surface area contributed by atoms with Gasteiger partial charge in [0.2, 0.25) is 0 Å². The number of carbonyl (C=O) groups is 3. The van der Waals surface area contributed by atoms with Crippen molar-refractivity contribution in [2.75, 3.05) is 11.9 Å². The molecular formula is C26H26N2O6S. The van der Waals surface area contributed by atoms with E-state index < -0.39 is 23.9 Å². The molecule has 0 spiro atoms. The Bertz CT molecular complexity index is 1210. The first-order valence-corrected chi connectivity index (χ1v) is 12.1. The highest BCUT2D eigenvalue weighted by molar-refractivity contribution is 7.17. The monoisotopic (exact) mass is 494 g/mol. The molecule has 0 saturated heterocycles. The molecule has 0 aliphatic heterocycles. The first kappa shape index (κ1) is 24.3. The molecule has 3 aromatic rings. The number of rotatable bonds is 10. The van der Waals surface area contributed by atoms with Gasteiger partial charge in [-0.3, -0.25) is 9.59 Å². The number of aryl methyl sites for hydroxylation is 1. The van der Waals surface area contributed by atoms with Crippen LogP contribution >= 0.6 is 11.3 Å². The molecule has 0 radical (unpaired) electrons. The molecule has 1 heterocycles. The summed E-state index contributed by atoms with van der Waals surface area (Å²) >= 11 is 1.34. The van der Waals surface area contributed by atoms with Crippen molar-refractivity contribution in [3.8, 4) is 11.5 Å². The van der Waals surface area contributed by atoms with E-state index in [-0.39, 0.29) is 6.61 Å². The molecule has 2 aromatic carbocycles. The van der Waals surface area contributed by atoms with Gasteiger partial charge >= 0.3 is 5.97 Å². The van der Waals surface area contributed by atoms with Crippen LogP contribution in [-0.2, 0) is 33.8 Å². The lowest BCUT2D eigenvalue weighted by molar-refractivity contribution is -0.155. The van der Waals surface area contributed by atoms with E-state index in [2.05, 4.69) is 5.32 Å². The maximum Gasteiger partial charge on any atom is 0.344 e. The largest absolute Gasteiger partial charge is 0.489 e. The molecule has 8 nitrogen and oxygen atoms in total. The number of ether oxygens (including phenoxy) is 3. The zero-order chi connectivity index (χ0) is 24.8. The highest BCUT2D eigenvalue weighted by Crippen LogP contribution is 2.38. The maximum atomic E-state index is 12.5. The minimum atomic E-state index is -1.07. The van der Waals surface area contributed by atoms with Crippen LogP contribution in [0.5, 0.6) is 11.5 Å². The fourth-order valence-corrected chi connectivity index (χ4v) is 5.06. The number of esters is 1. The van der Waals surface area contributed by atoms with E-state index in [0.29, 0.717) is 28.7 Å². The highest BCUT2D eigenvalue weighted by atomic mass is 32.1. The molecule has 1 atom stereocenters. The number of benzene rings is 2. The molecule has 182 valence electrons. The molecule has 0 bridgehead atoms. The molecule has 1 aliphatic rings. The van der Waals surface area contributed by atoms with Crippen LogP contribution in [0.15, 0.2) is 54.6 Å². The summed E-state index contributed by atoms with van der Waals surface area (Å²) in [6.45, 7) is 1.54. The van der Waals surface area contributed by atoms with Gasteiger partial charge in [-0.1, -0.05) is 30.3 Å². The Labute approximate surface area is 207 Å². The van der Waals surface area contributed by atoms with Gasteiger partial charge in [0.05, 0.1) is 5.56 Å². The Morgan fingerprint density at radius 1 is 1.00 bits per heavy atom. The van der Waals surface area contributed by atoms with Gasteiger partial charge in [-0.2, -0.15) is 0 Å². The van der Waals surface area contributed by atoms with E-state index in [1.165, 1.54) is 18.3 Å². The van der Waals surface area contributed by atoms with Crippen molar-refractivity contribution >= 4 is 34.1 Å². The number of amides is 2. The predicted octanol–water partition coefficient (Wildman–Crippen LogP) is 3.86. The van der Waals surface area contributed by atoms with E-state index >= 15 is 0 Å². The smallest absolute Gasteiger partial charge is 0.344 e. The summed E-state index contributed by atoms with van der Waals surface area (Å²) in [4.78, 5) is 37.7. The molecule has 1 unspecified atom stereocenters. The molecule has 0 saturated carbocycles. The Hall–Kier alpha value is -3.85. The summed E-state index contributed by atoms with van der Waals surface area (Å²) in [5, 5.41) is 3.08. The second-order valence-corrected chi connectivity index (χ2v) is 9.19. The Kier molecular flexibility index (Phi) is 7.67. The number of primary amides is 1. The van der Waals surface area contributed by atoms with Crippen LogP contribution in [0.25, 0.3) is 0 Å². The second kappa shape index (κ2) is 11.1. The number of nitrogens with two attached hydrogens (primary N) is 1. The average molecular weight is 495 g/mol. The van der Waals surface area contributed by atoms with Gasteiger partial charge in [0, 0.05) is 4.88 Å². The van der Waals surface area contributed by atoms with Crippen LogP contribution in [0, 0.1) is 0 Å². The third-order valence-corrected chi connectivity index (χ3v) is 6.72. The lowest BCUT2D eigenvalue weighted by atomic mass is 10.1. The first-order valence-electron chi connectivity index (χ1n) is 11.2. The van der Waals surface area contributed by atoms with Gasteiger partial charge in [-0.05, 0) is 61.6 Å². The van der Waals surface area contributed by atoms with Crippen molar-refractivity contribution in [1.82, 2.24) is 0 Å². The van der Waals surface area contributed by atoms with E-state index in [0.717, 1.165) is 35.3 Å². The van der Waals surface area contributed by atoms with Crippen molar-refractivity contribution < 1.29 is 28.6 Å². The van der Waals surface area contributed by atoms with Crippen molar-refractivity contribution in [1.29, 1.82) is 0 Å². The Balaban J connectivity index is 1.23. The highest BCUT2D eigenvalue weighted by Gasteiger charge is 2.28. The predicted molar refractivity (Wildman–Crippen MR) is 132 cm³/mol. The van der Waals surface area contributed by atoms with Crippen molar-refractivity contribution in [2.24, 2.45) is 5.73 Å². The molecule has 0 fully saturated rings. The van der Waals surface area contributed by atoms with E-state index in [1.54, 1.807) is 24.3 Å². The first-order chi connectivity index (χ1) is 16.9. The summed E-state index contributed by atoms with van der Waals surface area (Å²) < 4.78 is 16.4. The Morgan fingerprint density at radius 2 is 1.69 bits per heavy atom. The van der Waals surface area contributed by atoms with Gasteiger partial charge in [0.1, 0.15) is 23.1 Å². The second-order valence-electron chi connectivity index (χ2n) is 8.08. The molecule has 9 heteroatoms. The number of thiophene rings is 1. The number of fused-ring (bicyclic) bond motifs is 1. The molecule has 3 N–H and O–H groups in total. The molecule has 35 heavy (non-hydrogen) atoms. The van der Waals surface area contributed by atoms with Gasteiger partial charge in [0.25, 0.3) is 11.8 Å². The van der Waals surface area contributed by atoms with Crippen LogP contribution in [0.2, 0.25) is 0 Å². The van der Waals surface area contributed by atoms with Crippen molar-refractivity contribution in [3.05, 3.63) is 76.2 Å². The lowest BCUT2D eigenvalue weighted by Crippen LogP contribution is -2.32. The van der Waals surface area contributed by atoms with E-state index in [9.17, 15) is 14.4 Å². The zero-order valence-electron chi connectivity index (χ0n) is 19.2. The van der Waals surface area contributed by atoms with Gasteiger partial charge in [-0.15, -0.1) is 11.3 Å². The van der Waals surface area contributed by atoms with Gasteiger partial charge in [-0.25, -0.2) is 4.79 Å². The number of anilines is 1. The van der Waals surface area contributed by atoms with Crippen molar-refractivity contribution in [3.63, 3.8) is 0 Å². The van der Waals surface area contributed by atoms with Crippen LogP contribution < -0.4 is 20.5 Å². The third-order valence-electron chi connectivity index (χ3n) is 5.51. The number of nitrogens with one attached hydrogen (secondary N) is 1. The van der Waals surface area contributed by atoms with Crippen LogP contribution in [0.1, 0.15) is 39.7 Å². The minimum absolute atomic E-state index is 0.355. The molecule has 1 aromatic heterocycles. The quantitative estimate of drug-likeness (QED) is 0.413. The average Bonchev–Trinajstić information content (AvgIpc) is 3.43. The molecule has 2 amide bonds. The van der Waals surface area contributed by atoms with E-state index in [4.69, 9.17) is 19.9 Å². The maximum absolute atomic E-state index is 12.5. The molecule has 1 aliphatic carbocycles. The summed E-state index contributed by atoms with van der Waals surface area (Å²) in [5.41, 5.74) is 7.84. The van der Waals surface area contributed by atoms with Gasteiger partial charge in [0.15, 0.2) is 12.7 Å². The summed E-state index contributed by atoms with van der Waals surface area (Å²) in [5.74, 6) is -0.676. The van der Waals surface area contributed by atoms with Crippen molar-refractivity contribution in [2.45, 2.75) is 38.9 Å². The minimum Gasteiger partial charge on any atom is -0.489 e. The number of hydrogen-bond acceptors (Lipinski definition) is 7. The van der Waals surface area contributed by atoms with Gasteiger partial charge < -0.3 is 25.3 Å². The number of hydrogen-bond donors (Lipinski definition) is 2. The summed E-state index contributed by atoms with van der Waals surface area (Å²) in [6, 6.07) is 16.7. The lowest BCUT2D eigenvalue weighted by Gasteiger charge is -2.14. The van der Waals surface area contributed by atoms with Crippen LogP contribution in [0.4, 0.5) is 5.00 Å². The fourth-order valence-electron chi connectivity index (χ4n) is 3.77. The number of carbonyl (C=O) groups excluding carboxylic acids is 3. The normalized spacial score (nSPS) is 12.9. The standard InChI is InChI=1S/C26H26N2O6S/c1-16(25(31)28-26-23(24(27)30)20-8-5-9-21(20)35-26)34-22(29)15-33-19-12-10-18(11-13-19)32-14-17-6-3-2-4-7-17/h2-4,6-7,10-13,16H,5,8-9,14-15H2,1H3,(H2,27,30)(H,28,31). The molecular weight excluding hydrogens is 468 g/mol. The summed E-state index contributed by atoms with van der Waals surface area (Å²) in [6.07, 6.45) is 1.52. The van der Waals surface area contributed by atoms with Crippen LogP contribution in [-0.4, -0.2) is 30.5 Å². The SMILES string of the molecule is CC(OC(=O)COc1ccc(OCc2ccccc2)cc1)C(=O)Nc1sc2c(c1C(N)=O)CCC2.